The maximum absolute atomic E-state index is 9.52. The Morgan fingerprint density at radius 2 is 2.09 bits per heavy atom. The molecular formula is C26H30N4O2. The van der Waals surface area contributed by atoms with Gasteiger partial charge in [-0.3, -0.25) is 4.90 Å². The van der Waals surface area contributed by atoms with Gasteiger partial charge in [0.05, 0.1) is 11.7 Å². The summed E-state index contributed by atoms with van der Waals surface area (Å²) in [5, 5.41) is 13.8. The van der Waals surface area contributed by atoms with Gasteiger partial charge in [-0.05, 0) is 75.5 Å². The fourth-order valence-corrected chi connectivity index (χ4v) is 4.60. The van der Waals surface area contributed by atoms with Gasteiger partial charge in [-0.25, -0.2) is 0 Å². The van der Waals surface area contributed by atoms with E-state index in [0.29, 0.717) is 34.6 Å². The molecule has 1 atom stereocenters. The summed E-state index contributed by atoms with van der Waals surface area (Å²) in [6.45, 7) is 10.5. The molecule has 0 N–H and O–H groups in total. The second-order valence-electron chi connectivity index (χ2n) is 8.47. The molecule has 1 aromatic heterocycles. The van der Waals surface area contributed by atoms with Crippen molar-refractivity contribution in [2.75, 3.05) is 13.1 Å². The lowest BCUT2D eigenvalue weighted by molar-refractivity contribution is 0.207. The number of nitriles is 1. The van der Waals surface area contributed by atoms with Crippen molar-refractivity contribution < 1.29 is 9.26 Å². The average molecular weight is 431 g/mol. The second-order valence-corrected chi connectivity index (χ2v) is 8.47. The van der Waals surface area contributed by atoms with Crippen molar-refractivity contribution >= 4 is 0 Å². The van der Waals surface area contributed by atoms with Gasteiger partial charge in [0.15, 0.2) is 0 Å². The lowest BCUT2D eigenvalue weighted by atomic mass is 10.0. The summed E-state index contributed by atoms with van der Waals surface area (Å²) in [6, 6.07) is 14.4. The van der Waals surface area contributed by atoms with Crippen molar-refractivity contribution in [2.45, 2.75) is 59.1 Å². The molecule has 4 rings (SSSR count). The van der Waals surface area contributed by atoms with Gasteiger partial charge in [0.25, 0.3) is 5.89 Å². The average Bonchev–Trinajstić information content (AvgIpc) is 3.45. The van der Waals surface area contributed by atoms with Gasteiger partial charge in [0.2, 0.25) is 5.82 Å². The maximum atomic E-state index is 9.52. The summed E-state index contributed by atoms with van der Waals surface area (Å²) in [7, 11) is 0. The van der Waals surface area contributed by atoms with Crippen LogP contribution in [-0.2, 0) is 6.42 Å². The van der Waals surface area contributed by atoms with Crippen LogP contribution in [0.1, 0.15) is 63.3 Å². The number of hydrogen-bond acceptors (Lipinski definition) is 6. The molecule has 0 radical (unpaired) electrons. The zero-order chi connectivity index (χ0) is 22.7. The first kappa shape index (κ1) is 22.0. The monoisotopic (exact) mass is 430 g/mol. The van der Waals surface area contributed by atoms with Gasteiger partial charge in [-0.15, -0.1) is 0 Å². The molecule has 6 nitrogen and oxygen atoms in total. The highest BCUT2D eigenvalue weighted by Gasteiger charge is 2.29. The summed E-state index contributed by atoms with van der Waals surface area (Å²) in [5.41, 5.74) is 4.90. The van der Waals surface area contributed by atoms with Crippen LogP contribution in [0.2, 0.25) is 0 Å². The van der Waals surface area contributed by atoms with Crippen molar-refractivity contribution in [1.29, 1.82) is 5.26 Å². The Labute approximate surface area is 189 Å². The second kappa shape index (κ2) is 9.54. The van der Waals surface area contributed by atoms with Gasteiger partial charge < -0.3 is 9.26 Å². The minimum absolute atomic E-state index is 0.00656. The number of nitrogens with zero attached hydrogens (tertiary/aromatic N) is 4. The summed E-state index contributed by atoms with van der Waals surface area (Å²) >= 11 is 0. The molecule has 32 heavy (non-hydrogen) atoms. The molecular weight excluding hydrogens is 400 g/mol. The van der Waals surface area contributed by atoms with E-state index in [2.05, 4.69) is 53.2 Å². The van der Waals surface area contributed by atoms with Crippen molar-refractivity contribution in [1.82, 2.24) is 15.0 Å². The van der Waals surface area contributed by atoms with E-state index in [1.54, 1.807) is 12.1 Å². The third kappa shape index (κ3) is 4.26. The molecule has 0 aliphatic heterocycles. The molecule has 6 heteroatoms. The predicted molar refractivity (Wildman–Crippen MR) is 124 cm³/mol. The third-order valence-corrected chi connectivity index (χ3v) is 5.97. The van der Waals surface area contributed by atoms with E-state index in [4.69, 9.17) is 9.26 Å². The summed E-state index contributed by atoms with van der Waals surface area (Å²) in [5.74, 6) is 1.56. The summed E-state index contributed by atoms with van der Waals surface area (Å²) in [4.78, 5) is 7.24. The van der Waals surface area contributed by atoms with Gasteiger partial charge in [-0.1, -0.05) is 37.2 Å². The fourth-order valence-electron chi connectivity index (χ4n) is 4.60. The summed E-state index contributed by atoms with van der Waals surface area (Å²) in [6.07, 6.45) is 3.28. The minimum Gasteiger partial charge on any atom is -0.490 e. The molecule has 3 aromatic rings. The Kier molecular flexibility index (Phi) is 6.57. The smallest absolute Gasteiger partial charge is 0.258 e. The van der Waals surface area contributed by atoms with E-state index in [0.717, 1.165) is 37.9 Å². The number of rotatable bonds is 8. The first-order valence-electron chi connectivity index (χ1n) is 11.5. The fraction of sp³-hybridized carbons (Fsp3) is 0.423. The van der Waals surface area contributed by atoms with Crippen LogP contribution in [0.3, 0.4) is 0 Å². The summed E-state index contributed by atoms with van der Waals surface area (Å²) < 4.78 is 11.3. The Bertz CT molecular complexity index is 1130. The zero-order valence-corrected chi connectivity index (χ0v) is 19.3. The highest BCUT2D eigenvalue weighted by Crippen LogP contribution is 2.40. The van der Waals surface area contributed by atoms with Crippen molar-refractivity contribution in [3.63, 3.8) is 0 Å². The van der Waals surface area contributed by atoms with Crippen LogP contribution in [0, 0.1) is 11.3 Å². The molecule has 1 heterocycles. The largest absolute Gasteiger partial charge is 0.490 e. The van der Waals surface area contributed by atoms with E-state index in [1.165, 1.54) is 11.1 Å². The molecule has 2 aromatic carbocycles. The van der Waals surface area contributed by atoms with Crippen LogP contribution in [-0.4, -0.2) is 34.2 Å². The van der Waals surface area contributed by atoms with E-state index < -0.39 is 0 Å². The van der Waals surface area contributed by atoms with Crippen molar-refractivity contribution in [2.24, 2.45) is 0 Å². The third-order valence-electron chi connectivity index (χ3n) is 5.97. The first-order chi connectivity index (χ1) is 15.5. The van der Waals surface area contributed by atoms with Crippen molar-refractivity contribution in [3.8, 4) is 34.7 Å². The number of hydrogen-bond donors (Lipinski definition) is 0. The Morgan fingerprint density at radius 1 is 1.25 bits per heavy atom. The molecule has 0 spiro atoms. The highest BCUT2D eigenvalue weighted by molar-refractivity contribution is 5.67. The van der Waals surface area contributed by atoms with Gasteiger partial charge >= 0.3 is 0 Å². The van der Waals surface area contributed by atoms with Crippen LogP contribution >= 0.6 is 0 Å². The molecule has 166 valence electrons. The van der Waals surface area contributed by atoms with Crippen LogP contribution in [0.25, 0.3) is 22.8 Å². The van der Waals surface area contributed by atoms with Crippen LogP contribution < -0.4 is 4.74 Å². The van der Waals surface area contributed by atoms with E-state index in [-0.39, 0.29) is 6.10 Å². The number of aromatic nitrogens is 2. The zero-order valence-electron chi connectivity index (χ0n) is 19.3. The first-order valence-corrected chi connectivity index (χ1v) is 11.5. The number of fused-ring (bicyclic) bond motifs is 1. The molecule has 1 aliphatic rings. The van der Waals surface area contributed by atoms with Crippen LogP contribution in [0.4, 0.5) is 0 Å². The lowest BCUT2D eigenvalue weighted by Gasteiger charge is -2.28. The normalized spacial score (nSPS) is 15.2. The van der Waals surface area contributed by atoms with Gasteiger partial charge in [-0.2, -0.15) is 10.2 Å². The van der Waals surface area contributed by atoms with E-state index in [1.807, 2.05) is 19.9 Å². The minimum atomic E-state index is -0.00656. The van der Waals surface area contributed by atoms with Crippen LogP contribution in [0.15, 0.2) is 40.9 Å². The van der Waals surface area contributed by atoms with Gasteiger partial charge in [0, 0.05) is 17.2 Å². The predicted octanol–water partition coefficient (Wildman–Crippen LogP) is 5.78. The van der Waals surface area contributed by atoms with Gasteiger partial charge in [0.1, 0.15) is 11.8 Å². The standard InChI is InChI=1S/C26H30N4O2/c1-5-14-30(6-2)23-12-11-20-21(23)8-7-9-22(20)25-28-26(32-29-25)18-10-13-24(31-17(3)4)19(15-18)16-27/h7-10,13,15,17,23H,5-6,11-12,14H2,1-4H3/t23-/m1/s1. The van der Waals surface area contributed by atoms with Crippen LogP contribution in [0.5, 0.6) is 5.75 Å². The maximum Gasteiger partial charge on any atom is 0.258 e. The number of ether oxygens (including phenoxy) is 1. The SMILES string of the molecule is CCCN(CC)[C@@H]1CCc2c(-c3noc(-c4ccc(OC(C)C)c(C#N)c4)n3)cccc21. The molecule has 1 aliphatic carbocycles. The molecule has 0 unspecified atom stereocenters. The Hall–Kier alpha value is -3.17. The number of benzene rings is 2. The lowest BCUT2D eigenvalue weighted by Crippen LogP contribution is -2.28. The molecule has 0 amide bonds. The topological polar surface area (TPSA) is 75.2 Å². The molecule has 0 bridgehead atoms. The van der Waals surface area contributed by atoms with E-state index >= 15 is 0 Å². The quantitative estimate of drug-likeness (QED) is 0.451. The molecule has 0 fully saturated rings. The van der Waals surface area contributed by atoms with E-state index in [9.17, 15) is 5.26 Å². The Morgan fingerprint density at radius 3 is 2.81 bits per heavy atom. The molecule has 0 saturated heterocycles. The highest BCUT2D eigenvalue weighted by atomic mass is 16.5. The molecule has 0 saturated carbocycles. The van der Waals surface area contributed by atoms with Crippen molar-refractivity contribution in [3.05, 3.63) is 53.1 Å². The Balaban J connectivity index is 1.65.